The zero-order valence-electron chi connectivity index (χ0n) is 19.3. The molecule has 0 fully saturated rings. The summed E-state index contributed by atoms with van der Waals surface area (Å²) in [7, 11) is 1.33. The van der Waals surface area contributed by atoms with E-state index >= 15 is 0 Å². The first-order valence-electron chi connectivity index (χ1n) is 11.2. The van der Waals surface area contributed by atoms with Crippen LogP contribution in [-0.2, 0) is 16.1 Å². The molecule has 3 aromatic rings. The highest BCUT2D eigenvalue weighted by atomic mass is 16.5. The zero-order valence-corrected chi connectivity index (χ0v) is 19.3. The van der Waals surface area contributed by atoms with Crippen LogP contribution in [0.2, 0.25) is 0 Å². The van der Waals surface area contributed by atoms with E-state index < -0.39 is 11.9 Å². The van der Waals surface area contributed by atoms with E-state index in [0.29, 0.717) is 45.0 Å². The predicted octanol–water partition coefficient (Wildman–Crippen LogP) is 4.88. The summed E-state index contributed by atoms with van der Waals surface area (Å²) in [5.74, 6) is -0.801. The van der Waals surface area contributed by atoms with E-state index in [1.54, 1.807) is 25.1 Å². The minimum atomic E-state index is -0.680. The lowest BCUT2D eigenvalue weighted by molar-refractivity contribution is -0.136. The number of fused-ring (bicyclic) bond motifs is 2. The third-order valence-electron chi connectivity index (χ3n) is 6.41. The normalized spacial score (nSPS) is 16.3. The van der Waals surface area contributed by atoms with Crippen molar-refractivity contribution in [2.75, 3.05) is 7.11 Å². The maximum Gasteiger partial charge on any atom is 0.336 e. The van der Waals surface area contributed by atoms with Crippen molar-refractivity contribution < 1.29 is 19.1 Å². The van der Waals surface area contributed by atoms with Crippen LogP contribution < -0.4 is 10.1 Å². The lowest BCUT2D eigenvalue weighted by Crippen LogP contribution is -2.29. The number of benzene rings is 3. The number of allylic oxidation sites excluding steroid dienone is 2. The molecule has 0 amide bonds. The van der Waals surface area contributed by atoms with E-state index in [-0.39, 0.29) is 12.4 Å². The number of hydrogen-bond donors (Lipinski definition) is 1. The molecule has 0 radical (unpaired) electrons. The summed E-state index contributed by atoms with van der Waals surface area (Å²) in [6.07, 6.45) is 0. The van der Waals surface area contributed by atoms with Crippen LogP contribution in [0.3, 0.4) is 0 Å². The molecule has 0 aromatic heterocycles. The molecule has 0 bridgehead atoms. The Hall–Kier alpha value is -4.63. The molecule has 1 aliphatic carbocycles. The number of nitrogens with zero attached hydrogens (tertiary/aromatic N) is 1. The minimum absolute atomic E-state index is 0.133. The minimum Gasteiger partial charge on any atom is -0.489 e. The summed E-state index contributed by atoms with van der Waals surface area (Å²) in [5.41, 5.74) is 5.53. The van der Waals surface area contributed by atoms with Gasteiger partial charge in [0.2, 0.25) is 0 Å². The number of methoxy groups -OCH3 is 1. The van der Waals surface area contributed by atoms with Crippen molar-refractivity contribution in [3.8, 4) is 11.8 Å². The summed E-state index contributed by atoms with van der Waals surface area (Å²) in [6, 6.07) is 24.2. The first-order chi connectivity index (χ1) is 17.0. The average Bonchev–Trinajstić information content (AvgIpc) is 3.18. The molecule has 172 valence electrons. The Kier molecular flexibility index (Phi) is 5.68. The van der Waals surface area contributed by atoms with Gasteiger partial charge in [0, 0.05) is 33.5 Å². The number of ether oxygens (including phenoxy) is 2. The van der Waals surface area contributed by atoms with Gasteiger partial charge in [0.05, 0.1) is 35.9 Å². The summed E-state index contributed by atoms with van der Waals surface area (Å²) in [5, 5.41) is 12.7. The van der Waals surface area contributed by atoms with Gasteiger partial charge >= 0.3 is 5.97 Å². The molecule has 6 nitrogen and oxygen atoms in total. The van der Waals surface area contributed by atoms with Gasteiger partial charge in [-0.25, -0.2) is 4.79 Å². The molecule has 1 aliphatic heterocycles. The van der Waals surface area contributed by atoms with E-state index in [0.717, 1.165) is 11.1 Å². The van der Waals surface area contributed by atoms with E-state index in [2.05, 4.69) is 11.4 Å². The maximum atomic E-state index is 13.6. The number of nitriles is 1. The fraction of sp³-hybridized carbons (Fsp3) is 0.138. The number of esters is 1. The van der Waals surface area contributed by atoms with Crippen molar-refractivity contribution in [3.63, 3.8) is 0 Å². The van der Waals surface area contributed by atoms with Gasteiger partial charge in [0.1, 0.15) is 12.4 Å². The Balaban J connectivity index is 1.63. The molecule has 5 rings (SSSR count). The van der Waals surface area contributed by atoms with Gasteiger partial charge in [0.15, 0.2) is 5.78 Å². The Labute approximate surface area is 203 Å². The van der Waals surface area contributed by atoms with Crippen molar-refractivity contribution >= 4 is 17.4 Å². The van der Waals surface area contributed by atoms with Crippen LogP contribution in [-0.4, -0.2) is 18.9 Å². The molecule has 1 heterocycles. The van der Waals surface area contributed by atoms with Crippen molar-refractivity contribution in [1.82, 2.24) is 5.32 Å². The van der Waals surface area contributed by atoms with Crippen molar-refractivity contribution in [1.29, 1.82) is 5.26 Å². The zero-order chi connectivity index (χ0) is 24.5. The van der Waals surface area contributed by atoms with Gasteiger partial charge in [-0.2, -0.15) is 5.26 Å². The number of nitrogens with one attached hydrogen (secondary N) is 1. The monoisotopic (exact) mass is 462 g/mol. The summed E-state index contributed by atoms with van der Waals surface area (Å²) in [6.45, 7) is 1.98. The average molecular weight is 463 g/mol. The molecular formula is C29H22N2O4. The predicted molar refractivity (Wildman–Crippen MR) is 130 cm³/mol. The SMILES string of the molecule is COC(=O)C1=C(C)NC2=C(C(=O)c3ccccc32)[C@@H]1c1ccccc1OCc1ccccc1C#N. The van der Waals surface area contributed by atoms with Crippen molar-refractivity contribution in [3.05, 3.63) is 117 Å². The topological polar surface area (TPSA) is 88.4 Å². The fourth-order valence-corrected chi connectivity index (χ4v) is 4.78. The van der Waals surface area contributed by atoms with E-state index in [4.69, 9.17) is 9.47 Å². The Bertz CT molecular complexity index is 1480. The second-order valence-electron chi connectivity index (χ2n) is 8.35. The number of ketones is 1. The summed E-state index contributed by atoms with van der Waals surface area (Å²) < 4.78 is 11.3. The molecule has 1 N–H and O–H groups in total. The highest BCUT2D eigenvalue weighted by Crippen LogP contribution is 2.48. The molecule has 0 unspecified atom stereocenters. The molecular weight excluding hydrogens is 440 g/mol. The summed E-state index contributed by atoms with van der Waals surface area (Å²) >= 11 is 0. The van der Waals surface area contributed by atoms with Gasteiger partial charge < -0.3 is 14.8 Å². The molecule has 0 spiro atoms. The highest BCUT2D eigenvalue weighted by molar-refractivity contribution is 6.23. The second kappa shape index (κ2) is 8.96. The quantitative estimate of drug-likeness (QED) is 0.544. The van der Waals surface area contributed by atoms with Gasteiger partial charge in [-0.15, -0.1) is 0 Å². The largest absolute Gasteiger partial charge is 0.489 e. The molecule has 0 saturated carbocycles. The van der Waals surface area contributed by atoms with Crippen molar-refractivity contribution in [2.45, 2.75) is 19.4 Å². The maximum absolute atomic E-state index is 13.6. The van der Waals surface area contributed by atoms with E-state index in [1.807, 2.05) is 54.6 Å². The first kappa shape index (κ1) is 22.2. The van der Waals surface area contributed by atoms with E-state index in [1.165, 1.54) is 7.11 Å². The number of para-hydroxylation sites is 1. The van der Waals surface area contributed by atoms with Crippen LogP contribution in [0.15, 0.2) is 89.6 Å². The second-order valence-corrected chi connectivity index (χ2v) is 8.35. The number of Topliss-reactive ketones (excluding diaryl/α,β-unsaturated/α-hetero) is 1. The number of rotatable bonds is 5. The number of hydrogen-bond acceptors (Lipinski definition) is 6. The van der Waals surface area contributed by atoms with Gasteiger partial charge in [-0.3, -0.25) is 4.79 Å². The molecule has 6 heteroatoms. The van der Waals surface area contributed by atoms with Crippen molar-refractivity contribution in [2.24, 2.45) is 0 Å². The van der Waals surface area contributed by atoms with Gasteiger partial charge in [-0.05, 0) is 19.1 Å². The third kappa shape index (κ3) is 3.68. The van der Waals surface area contributed by atoms with Crippen LogP contribution in [0.1, 0.15) is 45.5 Å². The molecule has 3 aromatic carbocycles. The van der Waals surface area contributed by atoms with Gasteiger partial charge in [0.25, 0.3) is 0 Å². The van der Waals surface area contributed by atoms with Crippen LogP contribution >= 0.6 is 0 Å². The lowest BCUT2D eigenvalue weighted by atomic mass is 9.79. The number of carbonyl (C=O) groups excluding carboxylic acids is 2. The number of carbonyl (C=O) groups is 2. The number of dihydropyridines is 1. The Morgan fingerprint density at radius 3 is 2.46 bits per heavy atom. The van der Waals surface area contributed by atoms with Gasteiger partial charge in [-0.1, -0.05) is 60.7 Å². The Morgan fingerprint density at radius 1 is 1.00 bits per heavy atom. The molecule has 1 atom stereocenters. The van der Waals surface area contributed by atoms with Crippen LogP contribution in [0.5, 0.6) is 5.75 Å². The Morgan fingerprint density at radius 2 is 1.69 bits per heavy atom. The third-order valence-corrected chi connectivity index (χ3v) is 6.41. The fourth-order valence-electron chi connectivity index (χ4n) is 4.78. The van der Waals surface area contributed by atoms with Crippen LogP contribution in [0.4, 0.5) is 0 Å². The first-order valence-corrected chi connectivity index (χ1v) is 11.2. The van der Waals surface area contributed by atoms with Crippen LogP contribution in [0, 0.1) is 11.3 Å². The standard InChI is InChI=1S/C29H22N2O4/c1-17-24(29(33)34-2)25(26-27(31-17)20-11-5-6-12-21(20)28(26)32)22-13-7-8-14-23(22)35-16-19-10-4-3-9-18(19)15-30/h3-14,25,31H,16H2,1-2H3/t25-/m1/s1. The molecule has 35 heavy (non-hydrogen) atoms. The molecule has 0 saturated heterocycles. The van der Waals surface area contributed by atoms with Crippen LogP contribution in [0.25, 0.3) is 5.70 Å². The molecule has 2 aliphatic rings. The smallest absolute Gasteiger partial charge is 0.336 e. The lowest BCUT2D eigenvalue weighted by Gasteiger charge is -2.30. The highest BCUT2D eigenvalue weighted by Gasteiger charge is 2.43. The van der Waals surface area contributed by atoms with E-state index in [9.17, 15) is 14.9 Å². The summed E-state index contributed by atoms with van der Waals surface area (Å²) in [4.78, 5) is 26.6.